The first kappa shape index (κ1) is 12.4. The highest BCUT2D eigenvalue weighted by Gasteiger charge is 2.11. The minimum Gasteiger partial charge on any atom is -0.469 e. The molecule has 0 saturated heterocycles. The highest BCUT2D eigenvalue weighted by molar-refractivity contribution is 5.69. The van der Waals surface area contributed by atoms with Crippen LogP contribution in [0.1, 0.15) is 39.5 Å². The first-order valence-corrected chi connectivity index (χ1v) is 5.04. The maximum absolute atomic E-state index is 11.0. The standard InChI is InChI=1S/C10H21NO2/c1-4-6-9(11-7-5-2)8-10(12)13-3/h9,11H,4-8H2,1-3H3. The van der Waals surface area contributed by atoms with Gasteiger partial charge >= 0.3 is 5.97 Å². The zero-order valence-electron chi connectivity index (χ0n) is 8.93. The molecule has 1 N–H and O–H groups in total. The lowest BCUT2D eigenvalue weighted by Gasteiger charge is -2.15. The van der Waals surface area contributed by atoms with Gasteiger partial charge in [-0.3, -0.25) is 4.79 Å². The third kappa shape index (κ3) is 6.58. The van der Waals surface area contributed by atoms with E-state index in [2.05, 4.69) is 23.9 Å². The van der Waals surface area contributed by atoms with Crippen molar-refractivity contribution in [2.75, 3.05) is 13.7 Å². The van der Waals surface area contributed by atoms with E-state index in [0.29, 0.717) is 6.42 Å². The lowest BCUT2D eigenvalue weighted by atomic mass is 10.1. The van der Waals surface area contributed by atoms with E-state index in [9.17, 15) is 4.79 Å². The summed E-state index contributed by atoms with van der Waals surface area (Å²) < 4.78 is 4.63. The van der Waals surface area contributed by atoms with Gasteiger partial charge in [-0.2, -0.15) is 0 Å². The minimum atomic E-state index is -0.123. The van der Waals surface area contributed by atoms with E-state index >= 15 is 0 Å². The fourth-order valence-corrected chi connectivity index (χ4v) is 1.26. The van der Waals surface area contributed by atoms with Crippen LogP contribution in [-0.2, 0) is 9.53 Å². The Bertz CT molecular complexity index is 137. The molecule has 0 fully saturated rings. The largest absolute Gasteiger partial charge is 0.469 e. The van der Waals surface area contributed by atoms with E-state index in [4.69, 9.17) is 0 Å². The van der Waals surface area contributed by atoms with Crippen LogP contribution in [0.25, 0.3) is 0 Å². The quantitative estimate of drug-likeness (QED) is 0.617. The Morgan fingerprint density at radius 3 is 2.54 bits per heavy atom. The molecule has 0 saturated carbocycles. The Morgan fingerprint density at radius 2 is 2.08 bits per heavy atom. The molecular weight excluding hydrogens is 166 g/mol. The zero-order chi connectivity index (χ0) is 10.1. The SMILES string of the molecule is CCCNC(CCC)CC(=O)OC. The molecule has 1 unspecified atom stereocenters. The summed E-state index contributed by atoms with van der Waals surface area (Å²) in [7, 11) is 1.44. The normalized spacial score (nSPS) is 12.5. The van der Waals surface area contributed by atoms with Gasteiger partial charge in [-0.25, -0.2) is 0 Å². The van der Waals surface area contributed by atoms with Crippen LogP contribution in [0.15, 0.2) is 0 Å². The summed E-state index contributed by atoms with van der Waals surface area (Å²) in [5.74, 6) is -0.123. The smallest absolute Gasteiger partial charge is 0.307 e. The van der Waals surface area contributed by atoms with Gasteiger partial charge < -0.3 is 10.1 Å². The van der Waals surface area contributed by atoms with Gasteiger partial charge in [-0.05, 0) is 19.4 Å². The van der Waals surface area contributed by atoms with Crippen molar-refractivity contribution in [3.05, 3.63) is 0 Å². The van der Waals surface area contributed by atoms with Crippen molar-refractivity contribution in [3.8, 4) is 0 Å². The summed E-state index contributed by atoms with van der Waals surface area (Å²) in [4.78, 5) is 11.0. The van der Waals surface area contributed by atoms with E-state index < -0.39 is 0 Å². The minimum absolute atomic E-state index is 0.123. The Kier molecular flexibility index (Phi) is 7.69. The molecule has 0 heterocycles. The fourth-order valence-electron chi connectivity index (χ4n) is 1.26. The van der Waals surface area contributed by atoms with Crippen LogP contribution in [0.2, 0.25) is 0 Å². The molecule has 0 bridgehead atoms. The number of hydrogen-bond acceptors (Lipinski definition) is 3. The van der Waals surface area contributed by atoms with Gasteiger partial charge in [0.2, 0.25) is 0 Å². The molecule has 0 aliphatic rings. The average Bonchev–Trinajstić information content (AvgIpc) is 2.14. The van der Waals surface area contributed by atoms with Crippen LogP contribution in [0, 0.1) is 0 Å². The number of nitrogens with one attached hydrogen (secondary N) is 1. The Hall–Kier alpha value is -0.570. The van der Waals surface area contributed by atoms with Gasteiger partial charge in [0.15, 0.2) is 0 Å². The first-order valence-electron chi connectivity index (χ1n) is 5.04. The van der Waals surface area contributed by atoms with Crippen molar-refractivity contribution in [1.29, 1.82) is 0 Å². The molecule has 0 rings (SSSR count). The molecular formula is C10H21NO2. The van der Waals surface area contributed by atoms with Crippen LogP contribution < -0.4 is 5.32 Å². The average molecular weight is 187 g/mol. The van der Waals surface area contributed by atoms with E-state index in [1.54, 1.807) is 0 Å². The van der Waals surface area contributed by atoms with Gasteiger partial charge in [0.25, 0.3) is 0 Å². The van der Waals surface area contributed by atoms with Crippen molar-refractivity contribution >= 4 is 5.97 Å². The predicted molar refractivity (Wildman–Crippen MR) is 53.6 cm³/mol. The number of carbonyl (C=O) groups excluding carboxylic acids is 1. The molecule has 0 radical (unpaired) electrons. The van der Waals surface area contributed by atoms with E-state index in [1.807, 2.05) is 0 Å². The van der Waals surface area contributed by atoms with Crippen LogP contribution >= 0.6 is 0 Å². The molecule has 0 spiro atoms. The van der Waals surface area contributed by atoms with Gasteiger partial charge in [0, 0.05) is 6.04 Å². The third-order valence-corrected chi connectivity index (χ3v) is 1.96. The van der Waals surface area contributed by atoms with Gasteiger partial charge in [-0.1, -0.05) is 20.3 Å². The Balaban J connectivity index is 3.71. The number of carbonyl (C=O) groups is 1. The lowest BCUT2D eigenvalue weighted by molar-refractivity contribution is -0.141. The number of esters is 1. The first-order chi connectivity index (χ1) is 6.24. The van der Waals surface area contributed by atoms with Crippen LogP contribution in [0.3, 0.4) is 0 Å². The van der Waals surface area contributed by atoms with Crippen LogP contribution in [-0.4, -0.2) is 25.7 Å². The summed E-state index contributed by atoms with van der Waals surface area (Å²) in [5.41, 5.74) is 0. The highest BCUT2D eigenvalue weighted by atomic mass is 16.5. The van der Waals surface area contributed by atoms with Crippen molar-refractivity contribution < 1.29 is 9.53 Å². The fraction of sp³-hybridized carbons (Fsp3) is 0.900. The molecule has 0 aromatic carbocycles. The highest BCUT2D eigenvalue weighted by Crippen LogP contribution is 2.02. The van der Waals surface area contributed by atoms with Gasteiger partial charge in [0.1, 0.15) is 0 Å². The molecule has 3 heteroatoms. The molecule has 1 atom stereocenters. The number of hydrogen-bond donors (Lipinski definition) is 1. The van der Waals surface area contributed by atoms with E-state index in [-0.39, 0.29) is 12.0 Å². The van der Waals surface area contributed by atoms with E-state index in [0.717, 1.165) is 25.8 Å². The number of rotatable bonds is 7. The third-order valence-electron chi connectivity index (χ3n) is 1.96. The lowest BCUT2D eigenvalue weighted by Crippen LogP contribution is -2.32. The molecule has 78 valence electrons. The van der Waals surface area contributed by atoms with Gasteiger partial charge in [0.05, 0.1) is 13.5 Å². The molecule has 13 heavy (non-hydrogen) atoms. The molecule has 3 nitrogen and oxygen atoms in total. The maximum atomic E-state index is 11.0. The van der Waals surface area contributed by atoms with Crippen molar-refractivity contribution in [1.82, 2.24) is 5.32 Å². The topological polar surface area (TPSA) is 38.3 Å². The number of methoxy groups -OCH3 is 1. The number of ether oxygens (including phenoxy) is 1. The summed E-state index contributed by atoms with van der Waals surface area (Å²) in [6.07, 6.45) is 3.72. The Morgan fingerprint density at radius 1 is 1.38 bits per heavy atom. The summed E-state index contributed by atoms with van der Waals surface area (Å²) in [6.45, 7) is 5.22. The molecule has 0 amide bonds. The Labute approximate surface area is 80.8 Å². The maximum Gasteiger partial charge on any atom is 0.307 e. The molecule has 0 aromatic heterocycles. The molecule has 0 aliphatic heterocycles. The summed E-state index contributed by atoms with van der Waals surface area (Å²) >= 11 is 0. The van der Waals surface area contributed by atoms with Crippen molar-refractivity contribution in [3.63, 3.8) is 0 Å². The summed E-state index contributed by atoms with van der Waals surface area (Å²) in [5, 5.41) is 3.33. The monoisotopic (exact) mass is 187 g/mol. The second-order valence-corrected chi connectivity index (χ2v) is 3.22. The predicted octanol–water partition coefficient (Wildman–Crippen LogP) is 1.72. The second kappa shape index (κ2) is 8.05. The van der Waals surface area contributed by atoms with E-state index in [1.165, 1.54) is 7.11 Å². The second-order valence-electron chi connectivity index (χ2n) is 3.22. The summed E-state index contributed by atoms with van der Waals surface area (Å²) in [6, 6.07) is 0.289. The van der Waals surface area contributed by atoms with Crippen LogP contribution in [0.5, 0.6) is 0 Å². The molecule has 0 aliphatic carbocycles. The van der Waals surface area contributed by atoms with Gasteiger partial charge in [-0.15, -0.1) is 0 Å². The van der Waals surface area contributed by atoms with Crippen LogP contribution in [0.4, 0.5) is 0 Å². The van der Waals surface area contributed by atoms with Crippen molar-refractivity contribution in [2.24, 2.45) is 0 Å². The molecule has 0 aromatic rings. The van der Waals surface area contributed by atoms with Crippen molar-refractivity contribution in [2.45, 2.75) is 45.6 Å². The zero-order valence-corrected chi connectivity index (χ0v) is 8.93.